The van der Waals surface area contributed by atoms with Crippen molar-refractivity contribution in [3.63, 3.8) is 0 Å². The van der Waals surface area contributed by atoms with Crippen LogP contribution in [-0.2, 0) is 0 Å². The predicted octanol–water partition coefficient (Wildman–Crippen LogP) is 0.759. The fourth-order valence-electron chi connectivity index (χ4n) is 0.344. The van der Waals surface area contributed by atoms with Crippen LogP contribution in [0.3, 0.4) is 0 Å². The summed E-state index contributed by atoms with van der Waals surface area (Å²) in [6.07, 6.45) is 1.79. The lowest BCUT2D eigenvalue weighted by atomic mass is 10.6. The molecule has 1 aromatic heterocycles. The van der Waals surface area contributed by atoms with E-state index in [2.05, 4.69) is 4.98 Å². The molecule has 3 heteroatoms. The van der Waals surface area contributed by atoms with E-state index in [-0.39, 0.29) is 6.15 Å². The fourth-order valence-corrected chi connectivity index (χ4v) is 0.344. The average molecular weight is 99.1 g/mol. The Hall–Kier alpha value is -0.960. The van der Waals surface area contributed by atoms with E-state index in [0.717, 1.165) is 5.82 Å². The maximum Gasteiger partial charge on any atom is 0.100 e. The van der Waals surface area contributed by atoms with Gasteiger partial charge in [-0.2, -0.15) is 0 Å². The highest BCUT2D eigenvalue weighted by Gasteiger charge is 1.72. The van der Waals surface area contributed by atoms with Gasteiger partial charge in [0.2, 0.25) is 0 Å². The summed E-state index contributed by atoms with van der Waals surface area (Å²) in [4.78, 5) is 2.78. The highest BCUT2D eigenvalue weighted by Crippen LogP contribution is 1.90. The van der Waals surface area contributed by atoms with Crippen LogP contribution in [-0.4, -0.2) is 4.98 Å². The van der Waals surface area contributed by atoms with Gasteiger partial charge in [0.05, 0.1) is 0 Å². The molecule has 1 heterocycles. The van der Waals surface area contributed by atoms with Crippen molar-refractivity contribution in [1.29, 1.82) is 0 Å². The molecule has 7 heavy (non-hydrogen) atoms. The van der Waals surface area contributed by atoms with Crippen molar-refractivity contribution >= 4 is 5.82 Å². The van der Waals surface area contributed by atoms with Crippen LogP contribution in [0.5, 0.6) is 0 Å². The van der Waals surface area contributed by atoms with Crippen LogP contribution in [0.4, 0.5) is 5.82 Å². The first-order chi connectivity index (χ1) is 2.89. The molecule has 0 aliphatic rings. The Bertz CT molecular complexity index is 110. The molecule has 0 spiro atoms. The number of aromatic amines is 1. The van der Waals surface area contributed by atoms with Gasteiger partial charge in [-0.15, -0.1) is 0 Å². The third kappa shape index (κ3) is 1.28. The summed E-state index contributed by atoms with van der Waals surface area (Å²) in [6, 6.07) is 3.66. The summed E-state index contributed by atoms with van der Waals surface area (Å²) < 4.78 is 0. The van der Waals surface area contributed by atoms with Crippen molar-refractivity contribution in [3.8, 4) is 0 Å². The second-order valence-electron chi connectivity index (χ2n) is 1.13. The third-order valence-electron chi connectivity index (χ3n) is 0.622. The zero-order valence-corrected chi connectivity index (χ0v) is 4.02. The van der Waals surface area contributed by atoms with Gasteiger partial charge in [0.15, 0.2) is 0 Å². The highest BCUT2D eigenvalue weighted by atomic mass is 14.8. The number of hydrogen-bond donors (Lipinski definition) is 3. The van der Waals surface area contributed by atoms with Crippen LogP contribution in [0.15, 0.2) is 18.3 Å². The lowest BCUT2D eigenvalue weighted by molar-refractivity contribution is 1.42. The summed E-state index contributed by atoms with van der Waals surface area (Å²) in [5.41, 5.74) is 5.22. The number of H-pyrrole nitrogens is 1. The van der Waals surface area contributed by atoms with Crippen molar-refractivity contribution in [3.05, 3.63) is 18.3 Å². The number of nitrogens with one attached hydrogen (secondary N) is 1. The van der Waals surface area contributed by atoms with Crippen LogP contribution in [0.1, 0.15) is 0 Å². The van der Waals surface area contributed by atoms with Gasteiger partial charge in [-0.05, 0) is 12.1 Å². The first-order valence-electron chi connectivity index (χ1n) is 1.78. The van der Waals surface area contributed by atoms with Gasteiger partial charge in [-0.3, -0.25) is 0 Å². The summed E-state index contributed by atoms with van der Waals surface area (Å²) in [5, 5.41) is 0. The van der Waals surface area contributed by atoms with Crippen LogP contribution in [0.2, 0.25) is 0 Å². The van der Waals surface area contributed by atoms with E-state index in [1.54, 1.807) is 12.3 Å². The summed E-state index contributed by atoms with van der Waals surface area (Å²) in [6.45, 7) is 0. The number of aromatic nitrogens is 1. The molecule has 40 valence electrons. The Morgan fingerprint density at radius 2 is 2.29 bits per heavy atom. The van der Waals surface area contributed by atoms with E-state index < -0.39 is 0 Å². The highest BCUT2D eigenvalue weighted by molar-refractivity contribution is 5.26. The zero-order valence-electron chi connectivity index (χ0n) is 4.02. The van der Waals surface area contributed by atoms with Gasteiger partial charge in [0.1, 0.15) is 5.82 Å². The number of rotatable bonds is 0. The van der Waals surface area contributed by atoms with E-state index >= 15 is 0 Å². The molecule has 0 amide bonds. The molecular weight excluding hydrogens is 90.1 g/mol. The predicted molar refractivity (Wildman–Crippen MR) is 30.2 cm³/mol. The maximum atomic E-state index is 5.22. The molecule has 0 aromatic carbocycles. The SMILES string of the molecule is N.Nc1ccc[nH]1. The number of hydrogen-bond acceptors (Lipinski definition) is 2. The Kier molecular flexibility index (Phi) is 1.95. The Balaban J connectivity index is 0.000000360. The largest absolute Gasteiger partial charge is 0.385 e. The molecule has 0 aliphatic heterocycles. The van der Waals surface area contributed by atoms with E-state index in [4.69, 9.17) is 5.73 Å². The van der Waals surface area contributed by atoms with Crippen molar-refractivity contribution in [2.75, 3.05) is 5.73 Å². The maximum absolute atomic E-state index is 5.22. The number of nitrogens with two attached hydrogens (primary N) is 1. The van der Waals surface area contributed by atoms with Gasteiger partial charge >= 0.3 is 0 Å². The second-order valence-corrected chi connectivity index (χ2v) is 1.13. The molecule has 0 aliphatic carbocycles. The van der Waals surface area contributed by atoms with Crippen molar-refractivity contribution in [2.24, 2.45) is 0 Å². The lowest BCUT2D eigenvalue weighted by Gasteiger charge is -1.72. The quantitative estimate of drug-likeness (QED) is 0.449. The van der Waals surface area contributed by atoms with E-state index in [1.807, 2.05) is 6.07 Å². The normalized spacial score (nSPS) is 7.43. The minimum Gasteiger partial charge on any atom is -0.385 e. The molecule has 0 saturated heterocycles. The van der Waals surface area contributed by atoms with Crippen LogP contribution in [0, 0.1) is 0 Å². The Labute approximate surface area is 42.1 Å². The molecule has 6 N–H and O–H groups in total. The molecule has 0 saturated carbocycles. The first kappa shape index (κ1) is 6.04. The second kappa shape index (κ2) is 2.25. The minimum absolute atomic E-state index is 0. The topological polar surface area (TPSA) is 76.8 Å². The molecule has 1 aromatic rings. The standard InChI is InChI=1S/C4H6N2.H3N/c5-4-2-1-3-6-4;/h1-3,6H,5H2;1H3. The van der Waals surface area contributed by atoms with Gasteiger partial charge in [-0.1, -0.05) is 0 Å². The van der Waals surface area contributed by atoms with Crippen molar-refractivity contribution in [2.45, 2.75) is 0 Å². The van der Waals surface area contributed by atoms with Crippen LogP contribution in [0.25, 0.3) is 0 Å². The monoisotopic (exact) mass is 99.1 g/mol. The molecule has 0 fully saturated rings. The fraction of sp³-hybridized carbons (Fsp3) is 0. The smallest absolute Gasteiger partial charge is 0.100 e. The molecule has 1 rings (SSSR count). The lowest BCUT2D eigenvalue weighted by Crippen LogP contribution is -1.79. The molecule has 0 atom stereocenters. The number of nitrogen functional groups attached to an aromatic ring is 1. The van der Waals surface area contributed by atoms with Crippen LogP contribution < -0.4 is 11.9 Å². The van der Waals surface area contributed by atoms with E-state index in [0.29, 0.717) is 0 Å². The molecule has 0 radical (unpaired) electrons. The third-order valence-corrected chi connectivity index (χ3v) is 0.622. The van der Waals surface area contributed by atoms with Gasteiger partial charge in [0, 0.05) is 6.20 Å². The van der Waals surface area contributed by atoms with E-state index in [9.17, 15) is 0 Å². The number of anilines is 1. The molecule has 0 unspecified atom stereocenters. The average Bonchev–Trinajstić information content (AvgIpc) is 1.86. The first-order valence-corrected chi connectivity index (χ1v) is 1.78. The summed E-state index contributed by atoms with van der Waals surface area (Å²) in [7, 11) is 0. The Morgan fingerprint density at radius 1 is 1.57 bits per heavy atom. The van der Waals surface area contributed by atoms with Crippen molar-refractivity contribution < 1.29 is 0 Å². The van der Waals surface area contributed by atoms with Gasteiger partial charge in [-0.25, -0.2) is 0 Å². The van der Waals surface area contributed by atoms with Gasteiger partial charge in [0.25, 0.3) is 0 Å². The molecule has 0 bridgehead atoms. The molecular formula is C4H9N3. The summed E-state index contributed by atoms with van der Waals surface area (Å²) >= 11 is 0. The van der Waals surface area contributed by atoms with Gasteiger partial charge < -0.3 is 16.9 Å². The summed E-state index contributed by atoms with van der Waals surface area (Å²) in [5.74, 6) is 0.718. The Morgan fingerprint density at radius 3 is 2.43 bits per heavy atom. The van der Waals surface area contributed by atoms with Crippen LogP contribution >= 0.6 is 0 Å². The zero-order chi connectivity index (χ0) is 4.41. The minimum atomic E-state index is 0. The van der Waals surface area contributed by atoms with E-state index in [1.165, 1.54) is 0 Å². The van der Waals surface area contributed by atoms with Crippen molar-refractivity contribution in [1.82, 2.24) is 11.1 Å². The molecule has 3 nitrogen and oxygen atoms in total.